The summed E-state index contributed by atoms with van der Waals surface area (Å²) in [7, 11) is 1.64. The van der Waals surface area contributed by atoms with E-state index >= 15 is 0 Å². The van der Waals surface area contributed by atoms with Crippen LogP contribution >= 0.6 is 11.3 Å². The van der Waals surface area contributed by atoms with E-state index in [0.717, 1.165) is 21.7 Å². The molecule has 0 spiro atoms. The van der Waals surface area contributed by atoms with Crippen LogP contribution in [0.25, 0.3) is 10.3 Å². The molecule has 114 valence electrons. The number of thiazole rings is 1. The molecule has 2 aromatic heterocycles. The number of carbonyl (C=O) groups is 1. The van der Waals surface area contributed by atoms with Crippen LogP contribution in [0.1, 0.15) is 23.0 Å². The lowest BCUT2D eigenvalue weighted by molar-refractivity contribution is 0.0515. The van der Waals surface area contributed by atoms with Gasteiger partial charge in [0.15, 0.2) is 0 Å². The summed E-state index contributed by atoms with van der Waals surface area (Å²) in [5.41, 5.74) is 4.22. The normalized spacial score (nSPS) is 10.8. The zero-order valence-corrected chi connectivity index (χ0v) is 13.2. The van der Waals surface area contributed by atoms with E-state index in [1.807, 2.05) is 28.8 Å². The van der Waals surface area contributed by atoms with Crippen molar-refractivity contribution in [1.29, 1.82) is 0 Å². The van der Waals surface area contributed by atoms with Crippen molar-refractivity contribution < 1.29 is 14.3 Å². The van der Waals surface area contributed by atoms with E-state index in [1.165, 1.54) is 11.3 Å². The van der Waals surface area contributed by atoms with Gasteiger partial charge in [-0.2, -0.15) is 0 Å². The molecular formula is C16H16N2O3S. The fourth-order valence-corrected chi connectivity index (χ4v) is 3.10. The maximum Gasteiger partial charge on any atom is 0.355 e. The maximum atomic E-state index is 12.1. The fraction of sp³-hybridized carbons (Fsp3) is 0.250. The first kappa shape index (κ1) is 14.6. The number of hydrogen-bond acceptors (Lipinski definition) is 5. The highest BCUT2D eigenvalue weighted by molar-refractivity contribution is 7.16. The van der Waals surface area contributed by atoms with Crippen LogP contribution in [-0.2, 0) is 11.3 Å². The number of carbonyl (C=O) groups excluding carboxylic acids is 1. The summed E-state index contributed by atoms with van der Waals surface area (Å²) in [5.74, 6) is 0.492. The molecule has 5 nitrogen and oxygen atoms in total. The summed E-state index contributed by atoms with van der Waals surface area (Å²) in [6.07, 6.45) is 0. The molecule has 0 aliphatic carbocycles. The number of esters is 1. The number of methoxy groups -OCH3 is 1. The van der Waals surface area contributed by atoms with Gasteiger partial charge in [-0.25, -0.2) is 9.78 Å². The van der Waals surface area contributed by atoms with Crippen LogP contribution in [-0.4, -0.2) is 29.2 Å². The largest absolute Gasteiger partial charge is 0.497 e. The Morgan fingerprint density at radius 2 is 2.09 bits per heavy atom. The molecule has 0 saturated heterocycles. The standard InChI is InChI=1S/C16H16N2O3S/c1-3-21-16(19)14-8-13-15(22-10-17-13)18(14)9-11-4-6-12(20-2)7-5-11/h4-8,10H,3,9H2,1-2H3. The molecule has 0 fully saturated rings. The monoisotopic (exact) mass is 316 g/mol. The van der Waals surface area contributed by atoms with E-state index in [0.29, 0.717) is 18.8 Å². The zero-order valence-electron chi connectivity index (χ0n) is 12.4. The molecule has 0 aliphatic rings. The van der Waals surface area contributed by atoms with Crippen molar-refractivity contribution in [1.82, 2.24) is 9.55 Å². The van der Waals surface area contributed by atoms with Gasteiger partial charge in [0.1, 0.15) is 21.8 Å². The first-order chi connectivity index (χ1) is 10.7. The van der Waals surface area contributed by atoms with Gasteiger partial charge in [0.25, 0.3) is 0 Å². The van der Waals surface area contributed by atoms with Crippen LogP contribution in [0.2, 0.25) is 0 Å². The highest BCUT2D eigenvalue weighted by atomic mass is 32.1. The van der Waals surface area contributed by atoms with E-state index < -0.39 is 0 Å². The molecular weight excluding hydrogens is 300 g/mol. The number of hydrogen-bond donors (Lipinski definition) is 0. The van der Waals surface area contributed by atoms with Crippen LogP contribution in [0.3, 0.4) is 0 Å². The molecule has 3 rings (SSSR count). The molecule has 0 radical (unpaired) electrons. The Balaban J connectivity index is 1.98. The molecule has 22 heavy (non-hydrogen) atoms. The second-order valence-corrected chi connectivity index (χ2v) is 5.56. The highest BCUT2D eigenvalue weighted by Crippen LogP contribution is 2.25. The van der Waals surface area contributed by atoms with Crippen molar-refractivity contribution in [2.45, 2.75) is 13.5 Å². The molecule has 0 amide bonds. The summed E-state index contributed by atoms with van der Waals surface area (Å²) in [4.78, 5) is 17.4. The van der Waals surface area contributed by atoms with Crippen LogP contribution < -0.4 is 4.74 Å². The number of ether oxygens (including phenoxy) is 2. The van der Waals surface area contributed by atoms with Gasteiger partial charge in [0.2, 0.25) is 0 Å². The van der Waals surface area contributed by atoms with Crippen molar-refractivity contribution in [3.63, 3.8) is 0 Å². The smallest absolute Gasteiger partial charge is 0.355 e. The number of fused-ring (bicyclic) bond motifs is 1. The highest BCUT2D eigenvalue weighted by Gasteiger charge is 2.18. The summed E-state index contributed by atoms with van der Waals surface area (Å²) in [5, 5.41) is 0. The van der Waals surface area contributed by atoms with E-state index in [4.69, 9.17) is 9.47 Å². The van der Waals surface area contributed by atoms with Gasteiger partial charge in [-0.1, -0.05) is 12.1 Å². The number of rotatable bonds is 5. The Labute approximate surface area is 132 Å². The van der Waals surface area contributed by atoms with Gasteiger partial charge >= 0.3 is 5.97 Å². The molecule has 0 saturated carbocycles. The number of aromatic nitrogens is 2. The lowest BCUT2D eigenvalue weighted by Gasteiger charge is -2.10. The second-order valence-electron chi connectivity index (χ2n) is 4.73. The Morgan fingerprint density at radius 3 is 2.77 bits per heavy atom. The second kappa shape index (κ2) is 6.19. The average molecular weight is 316 g/mol. The van der Waals surface area contributed by atoms with Crippen LogP contribution in [0.5, 0.6) is 5.75 Å². The van der Waals surface area contributed by atoms with Crippen molar-refractivity contribution >= 4 is 27.7 Å². The first-order valence-electron chi connectivity index (χ1n) is 6.95. The molecule has 2 heterocycles. The van der Waals surface area contributed by atoms with Gasteiger partial charge in [-0.15, -0.1) is 11.3 Å². The molecule has 0 unspecified atom stereocenters. The summed E-state index contributed by atoms with van der Waals surface area (Å²) >= 11 is 1.52. The Kier molecular flexibility index (Phi) is 4.11. The summed E-state index contributed by atoms with van der Waals surface area (Å²) in [6.45, 7) is 2.74. The predicted molar refractivity (Wildman–Crippen MR) is 85.7 cm³/mol. The van der Waals surface area contributed by atoms with Gasteiger partial charge < -0.3 is 14.0 Å². The molecule has 3 aromatic rings. The lowest BCUT2D eigenvalue weighted by Crippen LogP contribution is -2.12. The molecule has 0 atom stereocenters. The van der Waals surface area contributed by atoms with Gasteiger partial charge in [-0.05, 0) is 30.7 Å². The third-order valence-corrected chi connectivity index (χ3v) is 4.23. The van der Waals surface area contributed by atoms with E-state index in [9.17, 15) is 4.79 Å². The molecule has 0 bridgehead atoms. The Hall–Kier alpha value is -2.34. The molecule has 6 heteroatoms. The van der Waals surface area contributed by atoms with E-state index in [1.54, 1.807) is 25.6 Å². The van der Waals surface area contributed by atoms with Gasteiger partial charge in [-0.3, -0.25) is 0 Å². The maximum absolute atomic E-state index is 12.1. The van der Waals surface area contributed by atoms with Crippen molar-refractivity contribution in [2.24, 2.45) is 0 Å². The topological polar surface area (TPSA) is 53.3 Å². The summed E-state index contributed by atoms with van der Waals surface area (Å²) < 4.78 is 12.3. The predicted octanol–water partition coefficient (Wildman–Crippen LogP) is 3.33. The first-order valence-corrected chi connectivity index (χ1v) is 7.83. The average Bonchev–Trinajstić information content (AvgIpc) is 3.11. The minimum atomic E-state index is -0.318. The molecule has 1 aromatic carbocycles. The molecule has 0 aliphatic heterocycles. The quantitative estimate of drug-likeness (QED) is 0.678. The summed E-state index contributed by atoms with van der Waals surface area (Å²) in [6, 6.07) is 9.58. The Bertz CT molecular complexity index is 789. The molecule has 0 N–H and O–H groups in total. The zero-order chi connectivity index (χ0) is 15.5. The lowest BCUT2D eigenvalue weighted by atomic mass is 10.2. The number of benzene rings is 1. The van der Waals surface area contributed by atoms with Crippen LogP contribution in [0.4, 0.5) is 0 Å². The van der Waals surface area contributed by atoms with E-state index in [-0.39, 0.29) is 5.97 Å². The minimum Gasteiger partial charge on any atom is -0.497 e. The van der Waals surface area contributed by atoms with Crippen molar-refractivity contribution in [3.8, 4) is 5.75 Å². The van der Waals surface area contributed by atoms with E-state index in [2.05, 4.69) is 4.98 Å². The minimum absolute atomic E-state index is 0.318. The Morgan fingerprint density at radius 1 is 1.32 bits per heavy atom. The van der Waals surface area contributed by atoms with Crippen LogP contribution in [0, 0.1) is 0 Å². The number of nitrogens with zero attached hydrogens (tertiary/aromatic N) is 2. The van der Waals surface area contributed by atoms with Crippen molar-refractivity contribution in [3.05, 3.63) is 47.1 Å². The van der Waals surface area contributed by atoms with Gasteiger partial charge in [0.05, 0.1) is 19.2 Å². The van der Waals surface area contributed by atoms with Crippen molar-refractivity contribution in [2.75, 3.05) is 13.7 Å². The SMILES string of the molecule is CCOC(=O)c1cc2ncsc2n1Cc1ccc(OC)cc1. The van der Waals surface area contributed by atoms with Crippen LogP contribution in [0.15, 0.2) is 35.8 Å². The fourth-order valence-electron chi connectivity index (χ4n) is 2.31. The van der Waals surface area contributed by atoms with Gasteiger partial charge in [0, 0.05) is 6.54 Å². The third-order valence-electron chi connectivity index (χ3n) is 3.37. The third kappa shape index (κ3) is 2.69.